The van der Waals surface area contributed by atoms with Gasteiger partial charge in [-0.15, -0.1) is 22.7 Å². The van der Waals surface area contributed by atoms with Crippen LogP contribution in [0.3, 0.4) is 0 Å². The lowest BCUT2D eigenvalue weighted by molar-refractivity contribution is 0.0720. The highest BCUT2D eigenvalue weighted by molar-refractivity contribution is 14.1. The fourth-order valence-electron chi connectivity index (χ4n) is 1.99. The summed E-state index contributed by atoms with van der Waals surface area (Å²) < 4.78 is 6.50. The lowest BCUT2D eigenvalue weighted by Gasteiger charge is -2.20. The van der Waals surface area contributed by atoms with Crippen molar-refractivity contribution in [1.29, 1.82) is 0 Å². The molecule has 3 aromatic rings. The van der Waals surface area contributed by atoms with Gasteiger partial charge in [0.25, 0.3) is 5.91 Å². The maximum atomic E-state index is 12.7. The summed E-state index contributed by atoms with van der Waals surface area (Å²) in [7, 11) is 0. The van der Waals surface area contributed by atoms with Gasteiger partial charge in [0.05, 0.1) is 27.8 Å². The molecule has 0 aliphatic carbocycles. The minimum absolute atomic E-state index is 0.0407. The van der Waals surface area contributed by atoms with Gasteiger partial charge in [0.1, 0.15) is 5.76 Å². The summed E-state index contributed by atoms with van der Waals surface area (Å²) in [6, 6.07) is 9.72. The van der Waals surface area contributed by atoms with Crippen LogP contribution in [0.25, 0.3) is 0 Å². The molecule has 0 radical (unpaired) electrons. The van der Waals surface area contributed by atoms with Crippen molar-refractivity contribution < 1.29 is 9.21 Å². The average molecular weight is 429 g/mol. The van der Waals surface area contributed by atoms with Crippen LogP contribution in [-0.2, 0) is 13.1 Å². The van der Waals surface area contributed by atoms with Crippen LogP contribution in [0.4, 0.5) is 0 Å². The number of nitrogens with zero attached hydrogens (tertiary/aromatic N) is 1. The molecule has 0 saturated heterocycles. The number of thiophene rings is 2. The lowest BCUT2D eigenvalue weighted by atomic mass is 10.2. The first-order chi connectivity index (χ1) is 10.2. The number of halogens is 1. The van der Waals surface area contributed by atoms with E-state index in [1.165, 1.54) is 4.88 Å². The number of hydrogen-bond acceptors (Lipinski definition) is 4. The van der Waals surface area contributed by atoms with E-state index >= 15 is 0 Å². The third-order valence-corrected chi connectivity index (χ3v) is 5.61. The molecule has 0 spiro atoms. The number of rotatable bonds is 5. The molecule has 3 heterocycles. The van der Waals surface area contributed by atoms with Crippen molar-refractivity contribution in [3.63, 3.8) is 0 Å². The number of furan rings is 1. The van der Waals surface area contributed by atoms with Crippen molar-refractivity contribution in [2.75, 3.05) is 0 Å². The SMILES string of the molecule is O=C(c1csc(I)c1)N(Cc1ccco1)Cc1cccs1. The van der Waals surface area contributed by atoms with E-state index < -0.39 is 0 Å². The van der Waals surface area contributed by atoms with Crippen LogP contribution in [0.5, 0.6) is 0 Å². The number of carbonyl (C=O) groups excluding carboxylic acids is 1. The molecule has 0 aliphatic heterocycles. The van der Waals surface area contributed by atoms with Crippen molar-refractivity contribution >= 4 is 51.2 Å². The quantitative estimate of drug-likeness (QED) is 0.544. The van der Waals surface area contributed by atoms with Gasteiger partial charge in [-0.05, 0) is 52.2 Å². The van der Waals surface area contributed by atoms with E-state index in [1.807, 2.05) is 46.0 Å². The molecule has 0 saturated carbocycles. The first-order valence-electron chi connectivity index (χ1n) is 6.30. The standard InChI is InChI=1S/C15H12INO2S2/c16-14-7-11(10-21-14)15(18)17(8-12-3-1-5-19-12)9-13-4-2-6-20-13/h1-7,10H,8-9H2. The smallest absolute Gasteiger partial charge is 0.255 e. The fraction of sp³-hybridized carbons (Fsp3) is 0.133. The Hall–Kier alpha value is -1.12. The number of carbonyl (C=O) groups is 1. The molecule has 0 bridgehead atoms. The van der Waals surface area contributed by atoms with Crippen molar-refractivity contribution in [3.05, 3.63) is 66.4 Å². The summed E-state index contributed by atoms with van der Waals surface area (Å²) in [4.78, 5) is 15.7. The highest BCUT2D eigenvalue weighted by atomic mass is 127. The highest BCUT2D eigenvalue weighted by Gasteiger charge is 2.19. The summed E-state index contributed by atoms with van der Waals surface area (Å²) in [5.41, 5.74) is 0.743. The van der Waals surface area contributed by atoms with E-state index in [-0.39, 0.29) is 5.91 Å². The molecule has 108 valence electrons. The first-order valence-corrected chi connectivity index (χ1v) is 9.14. The van der Waals surface area contributed by atoms with E-state index in [4.69, 9.17) is 4.42 Å². The molecule has 0 fully saturated rings. The molecule has 0 N–H and O–H groups in total. The van der Waals surface area contributed by atoms with Gasteiger partial charge in [-0.25, -0.2) is 0 Å². The monoisotopic (exact) mass is 429 g/mol. The molecule has 21 heavy (non-hydrogen) atoms. The predicted octanol–water partition coefficient (Wildman–Crippen LogP) is 4.85. The van der Waals surface area contributed by atoms with Gasteiger partial charge >= 0.3 is 0 Å². The van der Waals surface area contributed by atoms with Gasteiger partial charge in [-0.2, -0.15) is 0 Å². The van der Waals surface area contributed by atoms with Crippen LogP contribution in [0, 0.1) is 2.88 Å². The second-order valence-electron chi connectivity index (χ2n) is 4.46. The average Bonchev–Trinajstić information content (AvgIpc) is 3.19. The topological polar surface area (TPSA) is 33.5 Å². The number of amides is 1. The first kappa shape index (κ1) is 14.8. The summed E-state index contributed by atoms with van der Waals surface area (Å²) in [6.45, 7) is 1.08. The van der Waals surface area contributed by atoms with Gasteiger partial charge in [-0.1, -0.05) is 6.07 Å². The minimum Gasteiger partial charge on any atom is -0.467 e. The third kappa shape index (κ3) is 3.75. The molecule has 0 atom stereocenters. The van der Waals surface area contributed by atoms with Gasteiger partial charge in [0.2, 0.25) is 0 Å². The van der Waals surface area contributed by atoms with Crippen LogP contribution < -0.4 is 0 Å². The molecular weight excluding hydrogens is 417 g/mol. The summed E-state index contributed by atoms with van der Waals surface area (Å²) >= 11 is 5.48. The van der Waals surface area contributed by atoms with Crippen molar-refractivity contribution in [3.8, 4) is 0 Å². The second-order valence-corrected chi connectivity index (χ2v) is 8.30. The molecule has 3 nitrogen and oxygen atoms in total. The van der Waals surface area contributed by atoms with Crippen LogP contribution in [0.15, 0.2) is 51.8 Å². The maximum Gasteiger partial charge on any atom is 0.255 e. The van der Waals surface area contributed by atoms with Crippen LogP contribution >= 0.6 is 45.3 Å². The Labute approximate surface area is 144 Å². The highest BCUT2D eigenvalue weighted by Crippen LogP contribution is 2.21. The Kier molecular flexibility index (Phi) is 4.77. The number of hydrogen-bond donors (Lipinski definition) is 0. The van der Waals surface area contributed by atoms with Crippen LogP contribution in [-0.4, -0.2) is 10.8 Å². The Morgan fingerprint density at radius 3 is 2.76 bits per heavy atom. The summed E-state index contributed by atoms with van der Waals surface area (Å²) in [5, 5.41) is 3.94. The van der Waals surface area contributed by atoms with Gasteiger partial charge in [0, 0.05) is 10.3 Å². The van der Waals surface area contributed by atoms with Crippen LogP contribution in [0.1, 0.15) is 21.0 Å². The van der Waals surface area contributed by atoms with E-state index in [2.05, 4.69) is 22.6 Å². The third-order valence-electron chi connectivity index (χ3n) is 2.96. The Morgan fingerprint density at radius 1 is 1.24 bits per heavy atom. The minimum atomic E-state index is 0.0407. The summed E-state index contributed by atoms with van der Waals surface area (Å²) in [6.07, 6.45) is 1.64. The normalized spacial score (nSPS) is 10.7. The Morgan fingerprint density at radius 2 is 2.14 bits per heavy atom. The molecule has 1 amide bonds. The molecular formula is C15H12INO2S2. The largest absolute Gasteiger partial charge is 0.467 e. The molecule has 3 rings (SSSR count). The molecule has 0 aromatic carbocycles. The van der Waals surface area contributed by atoms with Crippen LogP contribution in [0.2, 0.25) is 0 Å². The van der Waals surface area contributed by atoms with Gasteiger partial charge < -0.3 is 9.32 Å². The van der Waals surface area contributed by atoms with Gasteiger partial charge in [-0.3, -0.25) is 4.79 Å². The van der Waals surface area contributed by atoms with E-state index in [0.29, 0.717) is 13.1 Å². The maximum absolute atomic E-state index is 12.7. The van der Waals surface area contributed by atoms with E-state index in [9.17, 15) is 4.79 Å². The fourth-order valence-corrected chi connectivity index (χ4v) is 4.03. The predicted molar refractivity (Wildman–Crippen MR) is 93.6 cm³/mol. The zero-order valence-corrected chi connectivity index (χ0v) is 14.8. The molecule has 6 heteroatoms. The molecule has 0 unspecified atom stereocenters. The Balaban J connectivity index is 1.82. The van der Waals surface area contributed by atoms with Crippen molar-refractivity contribution in [2.45, 2.75) is 13.1 Å². The van der Waals surface area contributed by atoms with E-state index in [0.717, 1.165) is 14.2 Å². The second kappa shape index (κ2) is 6.76. The Bertz CT molecular complexity index is 668. The van der Waals surface area contributed by atoms with Crippen molar-refractivity contribution in [1.82, 2.24) is 4.90 Å². The zero-order valence-electron chi connectivity index (χ0n) is 11.0. The lowest BCUT2D eigenvalue weighted by Crippen LogP contribution is -2.29. The van der Waals surface area contributed by atoms with Gasteiger partial charge in [0.15, 0.2) is 0 Å². The summed E-state index contributed by atoms with van der Waals surface area (Å²) in [5.74, 6) is 0.837. The van der Waals surface area contributed by atoms with Crippen molar-refractivity contribution in [2.24, 2.45) is 0 Å². The zero-order chi connectivity index (χ0) is 14.7. The molecule has 3 aromatic heterocycles. The van der Waals surface area contributed by atoms with E-state index in [1.54, 1.807) is 28.9 Å². The molecule has 0 aliphatic rings.